The average molecular weight is 600 g/mol. The molecule has 0 aliphatic rings. The van der Waals surface area contributed by atoms with E-state index in [9.17, 15) is 0 Å². The molecule has 0 radical (unpaired) electrons. The molecule has 1 nitrogen and oxygen atoms in total. The van der Waals surface area contributed by atoms with E-state index in [1.165, 1.54) is 43.4 Å². The third-order valence-electron chi connectivity index (χ3n) is 8.82. The summed E-state index contributed by atoms with van der Waals surface area (Å²) in [5.74, 6) is 0. The van der Waals surface area contributed by atoms with Crippen molar-refractivity contribution in [3.05, 3.63) is 198 Å². The number of benzene rings is 8. The summed E-state index contributed by atoms with van der Waals surface area (Å²) in [4.78, 5) is 2.36. The van der Waals surface area contributed by atoms with Crippen LogP contribution in [0.4, 0.5) is 17.1 Å². The van der Waals surface area contributed by atoms with Crippen molar-refractivity contribution in [3.63, 3.8) is 0 Å². The molecular formula is C46H33N. The molecule has 0 aliphatic heterocycles. The Hall–Kier alpha value is -6.18. The van der Waals surface area contributed by atoms with Gasteiger partial charge in [0.2, 0.25) is 0 Å². The zero-order chi connectivity index (χ0) is 31.4. The normalized spacial score (nSPS) is 11.7. The van der Waals surface area contributed by atoms with Crippen LogP contribution in [0.25, 0.3) is 56.6 Å². The molecule has 0 saturated heterocycles. The fraction of sp³-hybridized carbons (Fsp3) is 0. The molecule has 8 aromatic rings. The van der Waals surface area contributed by atoms with Crippen molar-refractivity contribution in [2.75, 3.05) is 4.90 Å². The second-order valence-electron chi connectivity index (χ2n) is 11.8. The van der Waals surface area contributed by atoms with E-state index < -0.39 is 0 Å². The van der Waals surface area contributed by atoms with Crippen LogP contribution in [0.5, 0.6) is 0 Å². The molecule has 0 atom stereocenters. The first-order valence-electron chi connectivity index (χ1n) is 16.1. The Morgan fingerprint density at radius 3 is 1.00 bits per heavy atom. The standard InChI is InChI=1S/C46H33N/c1-3-11-34(12-4-1)19-21-36-23-27-38(28-24-36)47(39-29-25-37(26-30-39)22-20-35-13-5-2-6-14-35)40-31-32-45-43-17-8-7-15-41(43)42-16-9-10-18-44(42)46(45)33-40/h1-33H/b21-19+,22-20+. The van der Waals surface area contributed by atoms with Crippen molar-refractivity contribution in [2.24, 2.45) is 0 Å². The van der Waals surface area contributed by atoms with Crippen molar-refractivity contribution in [1.82, 2.24) is 0 Å². The number of hydrogen-bond acceptors (Lipinski definition) is 1. The Bertz CT molecular complexity index is 2240. The third-order valence-corrected chi connectivity index (χ3v) is 8.82. The van der Waals surface area contributed by atoms with E-state index in [0.717, 1.165) is 28.2 Å². The maximum atomic E-state index is 2.36. The van der Waals surface area contributed by atoms with Crippen molar-refractivity contribution in [3.8, 4) is 0 Å². The van der Waals surface area contributed by atoms with E-state index in [2.05, 4.69) is 193 Å². The number of anilines is 3. The van der Waals surface area contributed by atoms with Crippen molar-refractivity contribution >= 4 is 73.7 Å². The highest BCUT2D eigenvalue weighted by molar-refractivity contribution is 6.25. The average Bonchev–Trinajstić information content (AvgIpc) is 3.15. The van der Waals surface area contributed by atoms with Crippen LogP contribution in [0.15, 0.2) is 176 Å². The summed E-state index contributed by atoms with van der Waals surface area (Å²) < 4.78 is 0. The van der Waals surface area contributed by atoms with Gasteiger partial charge >= 0.3 is 0 Å². The van der Waals surface area contributed by atoms with Gasteiger partial charge in [-0.25, -0.2) is 0 Å². The van der Waals surface area contributed by atoms with E-state index >= 15 is 0 Å². The Morgan fingerprint density at radius 1 is 0.255 bits per heavy atom. The van der Waals surface area contributed by atoms with E-state index in [1.54, 1.807) is 0 Å². The van der Waals surface area contributed by atoms with Crippen LogP contribution in [0, 0.1) is 0 Å². The molecule has 0 bridgehead atoms. The van der Waals surface area contributed by atoms with Gasteiger partial charge in [-0.15, -0.1) is 0 Å². The first-order chi connectivity index (χ1) is 23.3. The van der Waals surface area contributed by atoms with Gasteiger partial charge in [0.15, 0.2) is 0 Å². The second kappa shape index (κ2) is 12.7. The van der Waals surface area contributed by atoms with Gasteiger partial charge in [-0.1, -0.05) is 164 Å². The molecule has 0 aliphatic carbocycles. The number of nitrogens with zero attached hydrogens (tertiary/aromatic N) is 1. The smallest absolute Gasteiger partial charge is 0.0468 e. The minimum absolute atomic E-state index is 1.11. The number of hydrogen-bond donors (Lipinski definition) is 0. The maximum Gasteiger partial charge on any atom is 0.0468 e. The molecule has 0 unspecified atom stereocenters. The van der Waals surface area contributed by atoms with Crippen LogP contribution in [0.3, 0.4) is 0 Å². The summed E-state index contributed by atoms with van der Waals surface area (Å²) in [6.07, 6.45) is 8.66. The first kappa shape index (κ1) is 28.3. The van der Waals surface area contributed by atoms with Crippen molar-refractivity contribution in [2.45, 2.75) is 0 Å². The summed E-state index contributed by atoms with van der Waals surface area (Å²) in [5, 5.41) is 7.65. The van der Waals surface area contributed by atoms with Gasteiger partial charge in [0.25, 0.3) is 0 Å². The summed E-state index contributed by atoms with van der Waals surface area (Å²) in [5.41, 5.74) is 8.05. The number of rotatable bonds is 7. The molecule has 0 spiro atoms. The van der Waals surface area contributed by atoms with Crippen LogP contribution >= 0.6 is 0 Å². The Morgan fingerprint density at radius 2 is 0.574 bits per heavy atom. The lowest BCUT2D eigenvalue weighted by molar-refractivity contribution is 1.29. The predicted molar refractivity (Wildman–Crippen MR) is 204 cm³/mol. The Labute approximate surface area is 276 Å². The topological polar surface area (TPSA) is 3.24 Å². The van der Waals surface area contributed by atoms with Crippen LogP contribution < -0.4 is 4.90 Å². The first-order valence-corrected chi connectivity index (χ1v) is 16.1. The molecule has 0 amide bonds. The van der Waals surface area contributed by atoms with Crippen LogP contribution in [0.2, 0.25) is 0 Å². The molecule has 0 saturated carbocycles. The van der Waals surface area contributed by atoms with Gasteiger partial charge in [-0.05, 0) is 91.0 Å². The van der Waals surface area contributed by atoms with Gasteiger partial charge in [0, 0.05) is 17.1 Å². The lowest BCUT2D eigenvalue weighted by Gasteiger charge is -2.26. The SMILES string of the molecule is C(=C\c1ccc(N(c2ccc(/C=C/c3ccccc3)cc2)c2ccc3c4ccccc4c4ccccc4c3c2)cc1)/c1ccccc1. The Balaban J connectivity index is 1.23. The molecule has 0 aromatic heterocycles. The molecule has 0 N–H and O–H groups in total. The maximum absolute atomic E-state index is 2.36. The highest BCUT2D eigenvalue weighted by Gasteiger charge is 2.15. The van der Waals surface area contributed by atoms with Gasteiger partial charge < -0.3 is 4.90 Å². The molecule has 0 fully saturated rings. The highest BCUT2D eigenvalue weighted by atomic mass is 15.1. The Kier molecular flexibility index (Phi) is 7.63. The molecule has 47 heavy (non-hydrogen) atoms. The van der Waals surface area contributed by atoms with E-state index in [-0.39, 0.29) is 0 Å². The molecule has 8 aromatic carbocycles. The van der Waals surface area contributed by atoms with E-state index in [1.807, 2.05) is 12.1 Å². The minimum Gasteiger partial charge on any atom is -0.310 e. The number of fused-ring (bicyclic) bond motifs is 6. The zero-order valence-corrected chi connectivity index (χ0v) is 26.0. The van der Waals surface area contributed by atoms with Crippen molar-refractivity contribution in [1.29, 1.82) is 0 Å². The minimum atomic E-state index is 1.11. The summed E-state index contributed by atoms with van der Waals surface area (Å²) >= 11 is 0. The zero-order valence-electron chi connectivity index (χ0n) is 26.0. The van der Waals surface area contributed by atoms with Crippen LogP contribution in [-0.4, -0.2) is 0 Å². The van der Waals surface area contributed by atoms with Gasteiger partial charge in [0.05, 0.1) is 0 Å². The third kappa shape index (κ3) is 5.83. The molecule has 1 heteroatoms. The van der Waals surface area contributed by atoms with Crippen molar-refractivity contribution < 1.29 is 0 Å². The molecule has 222 valence electrons. The van der Waals surface area contributed by atoms with E-state index in [0.29, 0.717) is 0 Å². The fourth-order valence-corrected chi connectivity index (χ4v) is 6.46. The molecular weight excluding hydrogens is 567 g/mol. The largest absolute Gasteiger partial charge is 0.310 e. The summed E-state index contributed by atoms with van der Waals surface area (Å²) in [6.45, 7) is 0. The summed E-state index contributed by atoms with van der Waals surface area (Å²) in [7, 11) is 0. The van der Waals surface area contributed by atoms with Gasteiger partial charge in [-0.3, -0.25) is 0 Å². The predicted octanol–water partition coefficient (Wildman–Crippen LogP) is 13.0. The second-order valence-corrected chi connectivity index (χ2v) is 11.8. The monoisotopic (exact) mass is 599 g/mol. The fourth-order valence-electron chi connectivity index (χ4n) is 6.46. The van der Waals surface area contributed by atoms with Gasteiger partial charge in [-0.2, -0.15) is 0 Å². The van der Waals surface area contributed by atoms with E-state index in [4.69, 9.17) is 0 Å². The molecule has 8 rings (SSSR count). The quantitative estimate of drug-likeness (QED) is 0.130. The van der Waals surface area contributed by atoms with Crippen LogP contribution in [0.1, 0.15) is 22.3 Å². The van der Waals surface area contributed by atoms with Gasteiger partial charge in [0.1, 0.15) is 0 Å². The lowest BCUT2D eigenvalue weighted by Crippen LogP contribution is -2.10. The molecule has 0 heterocycles. The highest BCUT2D eigenvalue weighted by Crippen LogP contribution is 2.41. The van der Waals surface area contributed by atoms with Crippen LogP contribution in [-0.2, 0) is 0 Å². The lowest BCUT2D eigenvalue weighted by atomic mass is 9.94. The summed E-state index contributed by atoms with van der Waals surface area (Å²) in [6, 6.07) is 62.9.